The van der Waals surface area contributed by atoms with E-state index in [-0.39, 0.29) is 18.4 Å². The van der Waals surface area contributed by atoms with Crippen molar-refractivity contribution in [3.05, 3.63) is 64.7 Å². The molecule has 0 aliphatic carbocycles. The number of hydrogen-bond donors (Lipinski definition) is 3. The Kier molecular flexibility index (Phi) is 7.44. The Morgan fingerprint density at radius 2 is 1.84 bits per heavy atom. The standard InChI is InChI=1S/C19H22ClN3O2/c1-2-10-22-18(24)13-21-12-14-4-3-5-17(11-14)23-19(25)15-6-8-16(20)9-7-15/h3-9,11,21H,2,10,12-13H2,1H3,(H,22,24)(H,23,25). The maximum atomic E-state index is 12.2. The summed E-state index contributed by atoms with van der Waals surface area (Å²) >= 11 is 5.83. The molecular formula is C19H22ClN3O2. The fraction of sp³-hybridized carbons (Fsp3) is 0.263. The van der Waals surface area contributed by atoms with E-state index in [2.05, 4.69) is 16.0 Å². The average Bonchev–Trinajstić information content (AvgIpc) is 2.61. The molecule has 25 heavy (non-hydrogen) atoms. The van der Waals surface area contributed by atoms with E-state index >= 15 is 0 Å². The van der Waals surface area contributed by atoms with Crippen LogP contribution in [0.1, 0.15) is 29.3 Å². The molecule has 2 aromatic carbocycles. The molecule has 132 valence electrons. The number of carbonyl (C=O) groups is 2. The average molecular weight is 360 g/mol. The van der Waals surface area contributed by atoms with Crippen molar-refractivity contribution in [1.82, 2.24) is 10.6 Å². The molecule has 2 amide bonds. The minimum atomic E-state index is -0.194. The summed E-state index contributed by atoms with van der Waals surface area (Å²) in [7, 11) is 0. The molecule has 0 aliphatic rings. The third kappa shape index (κ3) is 6.57. The first-order chi connectivity index (χ1) is 12.1. The Morgan fingerprint density at radius 1 is 1.08 bits per heavy atom. The molecule has 0 spiro atoms. The predicted octanol–water partition coefficient (Wildman–Crippen LogP) is 3.21. The van der Waals surface area contributed by atoms with Gasteiger partial charge in [-0.2, -0.15) is 0 Å². The van der Waals surface area contributed by atoms with Crippen LogP contribution < -0.4 is 16.0 Å². The Morgan fingerprint density at radius 3 is 2.56 bits per heavy atom. The van der Waals surface area contributed by atoms with Crippen molar-refractivity contribution in [3.8, 4) is 0 Å². The minimum absolute atomic E-state index is 0.0194. The van der Waals surface area contributed by atoms with Crippen LogP contribution in [-0.4, -0.2) is 24.9 Å². The van der Waals surface area contributed by atoms with Crippen LogP contribution in [0.15, 0.2) is 48.5 Å². The number of benzene rings is 2. The Hall–Kier alpha value is -2.37. The van der Waals surface area contributed by atoms with Crippen LogP contribution in [0.2, 0.25) is 5.02 Å². The van der Waals surface area contributed by atoms with Gasteiger partial charge in [0.25, 0.3) is 5.91 Å². The normalized spacial score (nSPS) is 10.3. The van der Waals surface area contributed by atoms with Crippen LogP contribution >= 0.6 is 11.6 Å². The van der Waals surface area contributed by atoms with Crippen LogP contribution in [0.4, 0.5) is 5.69 Å². The third-order valence-electron chi connectivity index (χ3n) is 3.48. The SMILES string of the molecule is CCCNC(=O)CNCc1cccc(NC(=O)c2ccc(Cl)cc2)c1. The van der Waals surface area contributed by atoms with E-state index in [1.165, 1.54) is 0 Å². The quantitative estimate of drug-likeness (QED) is 0.677. The number of halogens is 1. The van der Waals surface area contributed by atoms with Crippen molar-refractivity contribution in [2.75, 3.05) is 18.4 Å². The van der Waals surface area contributed by atoms with Crippen molar-refractivity contribution in [2.24, 2.45) is 0 Å². The second kappa shape index (κ2) is 9.81. The van der Waals surface area contributed by atoms with E-state index < -0.39 is 0 Å². The van der Waals surface area contributed by atoms with Crippen LogP contribution in [-0.2, 0) is 11.3 Å². The summed E-state index contributed by atoms with van der Waals surface area (Å²) in [5, 5.41) is 9.35. The zero-order valence-corrected chi connectivity index (χ0v) is 14.9. The van der Waals surface area contributed by atoms with E-state index in [9.17, 15) is 9.59 Å². The number of hydrogen-bond acceptors (Lipinski definition) is 3. The maximum absolute atomic E-state index is 12.2. The molecule has 5 nitrogen and oxygen atoms in total. The van der Waals surface area contributed by atoms with Gasteiger partial charge >= 0.3 is 0 Å². The van der Waals surface area contributed by atoms with E-state index in [1.807, 2.05) is 31.2 Å². The van der Waals surface area contributed by atoms with Crippen molar-refractivity contribution < 1.29 is 9.59 Å². The molecule has 2 aromatic rings. The largest absolute Gasteiger partial charge is 0.355 e. The molecule has 2 rings (SSSR count). The molecule has 0 aromatic heterocycles. The highest BCUT2D eigenvalue weighted by Gasteiger charge is 2.06. The highest BCUT2D eigenvalue weighted by atomic mass is 35.5. The van der Waals surface area contributed by atoms with Gasteiger partial charge in [-0.25, -0.2) is 0 Å². The van der Waals surface area contributed by atoms with Crippen molar-refractivity contribution in [3.63, 3.8) is 0 Å². The molecule has 0 fully saturated rings. The molecular weight excluding hydrogens is 338 g/mol. The lowest BCUT2D eigenvalue weighted by atomic mass is 10.1. The number of amides is 2. The highest BCUT2D eigenvalue weighted by molar-refractivity contribution is 6.30. The topological polar surface area (TPSA) is 70.2 Å². The van der Waals surface area contributed by atoms with E-state index in [4.69, 9.17) is 11.6 Å². The Bertz CT molecular complexity index is 717. The fourth-order valence-corrected chi connectivity index (χ4v) is 2.34. The summed E-state index contributed by atoms with van der Waals surface area (Å²) in [5.74, 6) is -0.213. The first-order valence-corrected chi connectivity index (χ1v) is 8.59. The van der Waals surface area contributed by atoms with E-state index in [1.54, 1.807) is 24.3 Å². The molecule has 0 atom stereocenters. The fourth-order valence-electron chi connectivity index (χ4n) is 2.21. The van der Waals surface area contributed by atoms with Gasteiger partial charge < -0.3 is 16.0 Å². The zero-order valence-electron chi connectivity index (χ0n) is 14.1. The molecule has 6 heteroatoms. The molecule has 0 aliphatic heterocycles. The van der Waals surface area contributed by atoms with Gasteiger partial charge in [0.2, 0.25) is 5.91 Å². The number of carbonyl (C=O) groups excluding carboxylic acids is 2. The van der Waals surface area contributed by atoms with Crippen molar-refractivity contribution in [2.45, 2.75) is 19.9 Å². The lowest BCUT2D eigenvalue weighted by molar-refractivity contribution is -0.120. The number of anilines is 1. The number of rotatable bonds is 8. The van der Waals surface area contributed by atoms with Gasteiger partial charge in [0.1, 0.15) is 0 Å². The smallest absolute Gasteiger partial charge is 0.255 e. The van der Waals surface area contributed by atoms with Crippen LogP contribution in [0, 0.1) is 0 Å². The molecule has 0 unspecified atom stereocenters. The summed E-state index contributed by atoms with van der Waals surface area (Å²) in [6, 6.07) is 14.2. The van der Waals surface area contributed by atoms with Crippen LogP contribution in [0.25, 0.3) is 0 Å². The molecule has 3 N–H and O–H groups in total. The van der Waals surface area contributed by atoms with Gasteiger partial charge in [-0.05, 0) is 48.4 Å². The second-order valence-corrected chi connectivity index (χ2v) is 6.05. The zero-order chi connectivity index (χ0) is 18.1. The predicted molar refractivity (Wildman–Crippen MR) is 101 cm³/mol. The molecule has 0 radical (unpaired) electrons. The van der Waals surface area contributed by atoms with Crippen LogP contribution in [0.5, 0.6) is 0 Å². The Balaban J connectivity index is 1.87. The summed E-state index contributed by atoms with van der Waals surface area (Å²) in [4.78, 5) is 23.8. The second-order valence-electron chi connectivity index (χ2n) is 5.61. The summed E-state index contributed by atoms with van der Waals surface area (Å²) in [6.45, 7) is 3.51. The first-order valence-electron chi connectivity index (χ1n) is 8.21. The summed E-state index contributed by atoms with van der Waals surface area (Å²) < 4.78 is 0. The van der Waals surface area contributed by atoms with Crippen molar-refractivity contribution >= 4 is 29.1 Å². The van der Waals surface area contributed by atoms with Crippen LogP contribution in [0.3, 0.4) is 0 Å². The maximum Gasteiger partial charge on any atom is 0.255 e. The molecule has 0 heterocycles. The highest BCUT2D eigenvalue weighted by Crippen LogP contribution is 2.14. The summed E-state index contributed by atoms with van der Waals surface area (Å²) in [5.41, 5.74) is 2.23. The Labute approximate surface area is 152 Å². The van der Waals surface area contributed by atoms with Crippen molar-refractivity contribution in [1.29, 1.82) is 0 Å². The lowest BCUT2D eigenvalue weighted by Gasteiger charge is -2.09. The minimum Gasteiger partial charge on any atom is -0.355 e. The number of nitrogens with one attached hydrogen (secondary N) is 3. The summed E-state index contributed by atoms with van der Waals surface area (Å²) in [6.07, 6.45) is 0.918. The van der Waals surface area contributed by atoms with E-state index in [0.29, 0.717) is 29.4 Å². The van der Waals surface area contributed by atoms with Gasteiger partial charge in [0.05, 0.1) is 6.54 Å². The van der Waals surface area contributed by atoms with Gasteiger partial charge in [-0.15, -0.1) is 0 Å². The lowest BCUT2D eigenvalue weighted by Crippen LogP contribution is -2.33. The van der Waals surface area contributed by atoms with Gasteiger partial charge in [0, 0.05) is 29.4 Å². The van der Waals surface area contributed by atoms with Gasteiger partial charge in [-0.3, -0.25) is 9.59 Å². The van der Waals surface area contributed by atoms with Gasteiger partial charge in [-0.1, -0.05) is 30.7 Å². The molecule has 0 saturated heterocycles. The van der Waals surface area contributed by atoms with E-state index in [0.717, 1.165) is 12.0 Å². The first kappa shape index (κ1) is 19.0. The monoisotopic (exact) mass is 359 g/mol. The van der Waals surface area contributed by atoms with Gasteiger partial charge in [0.15, 0.2) is 0 Å². The third-order valence-corrected chi connectivity index (χ3v) is 3.73. The molecule has 0 bridgehead atoms. The molecule has 0 saturated carbocycles.